The SMILES string of the molecule is CCCNC1CCC(O)(C2NCCc3ccccc32)CC1. The molecule has 0 aromatic heterocycles. The molecule has 3 N–H and O–H groups in total. The van der Waals surface area contributed by atoms with Crippen molar-refractivity contribution in [2.24, 2.45) is 0 Å². The van der Waals surface area contributed by atoms with Gasteiger partial charge in [-0.15, -0.1) is 0 Å². The average molecular weight is 288 g/mol. The van der Waals surface area contributed by atoms with Gasteiger partial charge in [-0.2, -0.15) is 0 Å². The Labute approximate surface area is 128 Å². The van der Waals surface area contributed by atoms with Crippen molar-refractivity contribution in [1.29, 1.82) is 0 Å². The van der Waals surface area contributed by atoms with Crippen LogP contribution in [0.4, 0.5) is 0 Å². The molecule has 2 aliphatic rings. The molecule has 21 heavy (non-hydrogen) atoms. The minimum Gasteiger partial charge on any atom is -0.388 e. The number of hydrogen-bond acceptors (Lipinski definition) is 3. The van der Waals surface area contributed by atoms with Gasteiger partial charge < -0.3 is 15.7 Å². The van der Waals surface area contributed by atoms with Crippen molar-refractivity contribution in [2.45, 2.75) is 63.1 Å². The summed E-state index contributed by atoms with van der Waals surface area (Å²) < 4.78 is 0. The van der Waals surface area contributed by atoms with E-state index in [2.05, 4.69) is 41.8 Å². The summed E-state index contributed by atoms with van der Waals surface area (Å²) in [7, 11) is 0. The van der Waals surface area contributed by atoms with Crippen molar-refractivity contribution >= 4 is 0 Å². The zero-order valence-electron chi connectivity index (χ0n) is 13.1. The lowest BCUT2D eigenvalue weighted by atomic mass is 9.73. The lowest BCUT2D eigenvalue weighted by Crippen LogP contribution is -2.51. The molecular weight excluding hydrogens is 260 g/mol. The first-order valence-corrected chi connectivity index (χ1v) is 8.50. The predicted molar refractivity (Wildman–Crippen MR) is 86.4 cm³/mol. The van der Waals surface area contributed by atoms with E-state index in [9.17, 15) is 5.11 Å². The van der Waals surface area contributed by atoms with Crippen LogP contribution in [0.1, 0.15) is 56.2 Å². The number of aliphatic hydroxyl groups is 1. The molecule has 0 bridgehead atoms. The molecule has 1 saturated carbocycles. The molecule has 1 fully saturated rings. The van der Waals surface area contributed by atoms with Crippen LogP contribution < -0.4 is 10.6 Å². The third-order valence-corrected chi connectivity index (χ3v) is 5.18. The van der Waals surface area contributed by atoms with Gasteiger partial charge in [-0.1, -0.05) is 31.2 Å². The summed E-state index contributed by atoms with van der Waals surface area (Å²) in [4.78, 5) is 0. The topological polar surface area (TPSA) is 44.3 Å². The van der Waals surface area contributed by atoms with Crippen LogP contribution >= 0.6 is 0 Å². The summed E-state index contributed by atoms with van der Waals surface area (Å²) in [6.45, 7) is 4.27. The molecule has 3 rings (SSSR count). The van der Waals surface area contributed by atoms with Crippen LogP contribution in [-0.2, 0) is 6.42 Å². The third-order valence-electron chi connectivity index (χ3n) is 5.18. The Balaban J connectivity index is 1.70. The zero-order valence-corrected chi connectivity index (χ0v) is 13.1. The lowest BCUT2D eigenvalue weighted by Gasteiger charge is -2.44. The minimum absolute atomic E-state index is 0.106. The van der Waals surface area contributed by atoms with E-state index in [4.69, 9.17) is 0 Å². The third kappa shape index (κ3) is 3.15. The lowest BCUT2D eigenvalue weighted by molar-refractivity contribution is -0.0393. The maximum absolute atomic E-state index is 11.2. The molecule has 1 aliphatic carbocycles. The highest BCUT2D eigenvalue weighted by Gasteiger charge is 2.42. The highest BCUT2D eigenvalue weighted by Crippen LogP contribution is 2.40. The van der Waals surface area contributed by atoms with Crippen LogP contribution in [0, 0.1) is 0 Å². The monoisotopic (exact) mass is 288 g/mol. The maximum Gasteiger partial charge on any atom is 0.0842 e. The van der Waals surface area contributed by atoms with Crippen LogP contribution in [0.15, 0.2) is 24.3 Å². The van der Waals surface area contributed by atoms with Gasteiger partial charge in [0.05, 0.1) is 11.6 Å². The molecule has 0 saturated heterocycles. The number of fused-ring (bicyclic) bond motifs is 1. The van der Waals surface area contributed by atoms with E-state index in [1.165, 1.54) is 17.5 Å². The predicted octanol–water partition coefficient (Wildman–Crippen LogP) is 2.55. The highest BCUT2D eigenvalue weighted by atomic mass is 16.3. The summed E-state index contributed by atoms with van der Waals surface area (Å²) in [6.07, 6.45) is 6.19. The maximum atomic E-state index is 11.2. The molecule has 116 valence electrons. The summed E-state index contributed by atoms with van der Waals surface area (Å²) in [5.41, 5.74) is 2.13. The Hall–Kier alpha value is -0.900. The Kier molecular flexibility index (Phi) is 4.63. The molecule has 0 amide bonds. The number of rotatable bonds is 4. The molecular formula is C18H28N2O. The minimum atomic E-state index is -0.582. The van der Waals surface area contributed by atoms with E-state index in [0.717, 1.165) is 45.2 Å². The van der Waals surface area contributed by atoms with Gasteiger partial charge in [-0.3, -0.25) is 0 Å². The first-order chi connectivity index (χ1) is 10.2. The van der Waals surface area contributed by atoms with Crippen LogP contribution in [0.3, 0.4) is 0 Å². The molecule has 3 heteroatoms. The van der Waals surface area contributed by atoms with Gasteiger partial charge >= 0.3 is 0 Å². The average Bonchev–Trinajstić information content (AvgIpc) is 2.54. The van der Waals surface area contributed by atoms with E-state index in [0.29, 0.717) is 6.04 Å². The van der Waals surface area contributed by atoms with Crippen LogP contribution in [-0.4, -0.2) is 29.8 Å². The largest absolute Gasteiger partial charge is 0.388 e. The zero-order chi connectivity index (χ0) is 14.7. The molecule has 0 spiro atoms. The first kappa shape index (κ1) is 15.0. The van der Waals surface area contributed by atoms with E-state index in [1.807, 2.05) is 0 Å². The van der Waals surface area contributed by atoms with Crippen molar-refractivity contribution in [1.82, 2.24) is 10.6 Å². The molecule has 1 unspecified atom stereocenters. The molecule has 1 aromatic rings. The van der Waals surface area contributed by atoms with E-state index >= 15 is 0 Å². The second-order valence-electron chi connectivity index (χ2n) is 6.67. The molecule has 1 atom stereocenters. The van der Waals surface area contributed by atoms with E-state index in [-0.39, 0.29) is 6.04 Å². The molecule has 1 aliphatic heterocycles. The van der Waals surface area contributed by atoms with Crippen molar-refractivity contribution in [3.63, 3.8) is 0 Å². The highest BCUT2D eigenvalue weighted by molar-refractivity contribution is 5.34. The van der Waals surface area contributed by atoms with Crippen molar-refractivity contribution in [2.75, 3.05) is 13.1 Å². The Morgan fingerprint density at radius 1 is 1.29 bits per heavy atom. The van der Waals surface area contributed by atoms with Gasteiger partial charge in [0.25, 0.3) is 0 Å². The quantitative estimate of drug-likeness (QED) is 0.798. The van der Waals surface area contributed by atoms with Gasteiger partial charge in [0.15, 0.2) is 0 Å². The van der Waals surface area contributed by atoms with Crippen molar-refractivity contribution < 1.29 is 5.11 Å². The van der Waals surface area contributed by atoms with Crippen LogP contribution in [0.5, 0.6) is 0 Å². The van der Waals surface area contributed by atoms with Crippen LogP contribution in [0.25, 0.3) is 0 Å². The van der Waals surface area contributed by atoms with Gasteiger partial charge in [0, 0.05) is 6.04 Å². The van der Waals surface area contributed by atoms with Crippen molar-refractivity contribution in [3.05, 3.63) is 35.4 Å². The standard InChI is InChI=1S/C18H28N2O/c1-2-12-19-15-7-10-18(21,11-8-15)17-16-6-4-3-5-14(16)9-13-20-17/h3-6,15,17,19-21H,2,7-13H2,1H3. The second-order valence-corrected chi connectivity index (χ2v) is 6.67. The molecule has 1 heterocycles. The first-order valence-electron chi connectivity index (χ1n) is 8.50. The Morgan fingerprint density at radius 2 is 2.05 bits per heavy atom. The molecule has 0 radical (unpaired) electrons. The summed E-state index contributed by atoms with van der Waals surface area (Å²) >= 11 is 0. The normalized spacial score (nSPS) is 32.7. The summed E-state index contributed by atoms with van der Waals surface area (Å²) in [5.74, 6) is 0. The Morgan fingerprint density at radius 3 is 2.81 bits per heavy atom. The number of benzene rings is 1. The second kappa shape index (κ2) is 6.47. The van der Waals surface area contributed by atoms with Crippen LogP contribution in [0.2, 0.25) is 0 Å². The summed E-state index contributed by atoms with van der Waals surface area (Å²) in [5, 5.41) is 18.4. The smallest absolute Gasteiger partial charge is 0.0842 e. The van der Waals surface area contributed by atoms with Gasteiger partial charge in [-0.05, 0) is 62.7 Å². The molecule has 1 aromatic carbocycles. The fourth-order valence-electron chi connectivity index (χ4n) is 3.94. The van der Waals surface area contributed by atoms with Gasteiger partial charge in [-0.25, -0.2) is 0 Å². The fourth-order valence-corrected chi connectivity index (χ4v) is 3.94. The Bertz CT molecular complexity index is 466. The van der Waals surface area contributed by atoms with Gasteiger partial charge in [0.2, 0.25) is 0 Å². The van der Waals surface area contributed by atoms with E-state index < -0.39 is 5.60 Å². The fraction of sp³-hybridized carbons (Fsp3) is 0.667. The number of nitrogens with one attached hydrogen (secondary N) is 2. The summed E-state index contributed by atoms with van der Waals surface area (Å²) in [6, 6.07) is 9.29. The molecule has 3 nitrogen and oxygen atoms in total. The van der Waals surface area contributed by atoms with Crippen molar-refractivity contribution in [3.8, 4) is 0 Å². The van der Waals surface area contributed by atoms with Gasteiger partial charge in [0.1, 0.15) is 0 Å². The number of hydrogen-bond donors (Lipinski definition) is 3. The van der Waals surface area contributed by atoms with E-state index in [1.54, 1.807) is 0 Å².